The van der Waals surface area contributed by atoms with Gasteiger partial charge < -0.3 is 10.1 Å². The highest BCUT2D eigenvalue weighted by Gasteiger charge is 2.21. The van der Waals surface area contributed by atoms with Crippen LogP contribution < -0.4 is 15.6 Å². The number of aryl methyl sites for hydroxylation is 1. The van der Waals surface area contributed by atoms with E-state index in [2.05, 4.69) is 10.4 Å². The average Bonchev–Trinajstić information content (AvgIpc) is 2.80. The minimum atomic E-state index is -0.387. The van der Waals surface area contributed by atoms with E-state index in [1.807, 2.05) is 54.6 Å². The zero-order chi connectivity index (χ0) is 21.1. The van der Waals surface area contributed by atoms with E-state index in [9.17, 15) is 9.59 Å². The predicted octanol–water partition coefficient (Wildman–Crippen LogP) is 3.46. The Hall–Kier alpha value is -3.93. The predicted molar refractivity (Wildman–Crippen MR) is 116 cm³/mol. The Morgan fingerprint density at radius 2 is 1.50 bits per heavy atom. The molecule has 30 heavy (non-hydrogen) atoms. The molecule has 1 amide bonds. The summed E-state index contributed by atoms with van der Waals surface area (Å²) < 4.78 is 6.44. The van der Waals surface area contributed by atoms with Crippen LogP contribution in [0.15, 0.2) is 83.7 Å². The van der Waals surface area contributed by atoms with Crippen LogP contribution in [0.1, 0.15) is 27.7 Å². The molecule has 0 aliphatic heterocycles. The van der Waals surface area contributed by atoms with Gasteiger partial charge in [0.2, 0.25) is 0 Å². The molecule has 6 nitrogen and oxygen atoms in total. The molecule has 1 atom stereocenters. The molecular weight excluding hydrogens is 378 g/mol. The molecule has 0 bridgehead atoms. The summed E-state index contributed by atoms with van der Waals surface area (Å²) in [5.74, 6) is 0.383. The third-order valence-corrected chi connectivity index (χ3v) is 5.03. The minimum Gasteiger partial charge on any atom is -0.497 e. The van der Waals surface area contributed by atoms with E-state index in [-0.39, 0.29) is 23.2 Å². The van der Waals surface area contributed by atoms with E-state index in [0.29, 0.717) is 10.8 Å². The van der Waals surface area contributed by atoms with Crippen LogP contribution in [0.4, 0.5) is 0 Å². The van der Waals surface area contributed by atoms with Gasteiger partial charge in [0, 0.05) is 12.4 Å². The maximum atomic E-state index is 13.3. The highest BCUT2D eigenvalue weighted by Crippen LogP contribution is 2.25. The Morgan fingerprint density at radius 3 is 2.17 bits per heavy atom. The molecule has 6 heteroatoms. The lowest BCUT2D eigenvalue weighted by molar-refractivity contribution is 0.0937. The van der Waals surface area contributed by atoms with Crippen molar-refractivity contribution in [1.82, 2.24) is 15.1 Å². The van der Waals surface area contributed by atoms with E-state index in [0.717, 1.165) is 16.9 Å². The molecule has 0 saturated heterocycles. The number of benzene rings is 3. The number of fused-ring (bicyclic) bond motifs is 1. The first-order valence-corrected chi connectivity index (χ1v) is 9.54. The molecule has 1 heterocycles. The standard InChI is InChI=1S/C24H21N3O3/c1-27-24(29)20-11-7-6-10-19(20)22(26-27)23(28)25-21(16-8-4-3-5-9-16)17-12-14-18(30-2)15-13-17/h3-15,21H,1-2H3,(H,25,28)/t21-/m0/s1. The number of nitrogens with zero attached hydrogens (tertiary/aromatic N) is 2. The van der Waals surface area contributed by atoms with E-state index < -0.39 is 0 Å². The molecule has 0 aliphatic rings. The summed E-state index contributed by atoms with van der Waals surface area (Å²) in [5, 5.41) is 8.31. The smallest absolute Gasteiger partial charge is 0.274 e. The second-order valence-corrected chi connectivity index (χ2v) is 6.91. The fourth-order valence-electron chi connectivity index (χ4n) is 3.47. The number of amides is 1. The van der Waals surface area contributed by atoms with Crippen molar-refractivity contribution in [1.29, 1.82) is 0 Å². The Labute approximate surface area is 173 Å². The van der Waals surface area contributed by atoms with Gasteiger partial charge in [-0.05, 0) is 29.3 Å². The van der Waals surface area contributed by atoms with Gasteiger partial charge in [0.05, 0.1) is 18.5 Å². The molecule has 0 unspecified atom stereocenters. The van der Waals surface area contributed by atoms with Crippen molar-refractivity contribution in [2.45, 2.75) is 6.04 Å². The number of aromatic nitrogens is 2. The van der Waals surface area contributed by atoms with Crippen LogP contribution in [0.2, 0.25) is 0 Å². The topological polar surface area (TPSA) is 73.2 Å². The largest absolute Gasteiger partial charge is 0.497 e. The van der Waals surface area contributed by atoms with Gasteiger partial charge in [-0.3, -0.25) is 9.59 Å². The zero-order valence-electron chi connectivity index (χ0n) is 16.7. The average molecular weight is 399 g/mol. The normalized spacial score (nSPS) is 11.8. The lowest BCUT2D eigenvalue weighted by Crippen LogP contribution is -2.32. The summed E-state index contributed by atoms with van der Waals surface area (Å²) in [6.07, 6.45) is 0. The van der Waals surface area contributed by atoms with Crippen molar-refractivity contribution in [2.24, 2.45) is 7.05 Å². The number of hydrogen-bond donors (Lipinski definition) is 1. The van der Waals surface area contributed by atoms with E-state index in [1.54, 1.807) is 38.4 Å². The van der Waals surface area contributed by atoms with Gasteiger partial charge in [-0.1, -0.05) is 60.7 Å². The monoisotopic (exact) mass is 399 g/mol. The number of nitrogens with one attached hydrogen (secondary N) is 1. The molecule has 3 aromatic carbocycles. The fraction of sp³-hybridized carbons (Fsp3) is 0.125. The second kappa shape index (κ2) is 8.21. The van der Waals surface area contributed by atoms with Gasteiger partial charge in [-0.2, -0.15) is 5.10 Å². The van der Waals surface area contributed by atoms with Crippen LogP contribution in [0.3, 0.4) is 0 Å². The van der Waals surface area contributed by atoms with Gasteiger partial charge in [-0.15, -0.1) is 0 Å². The zero-order valence-corrected chi connectivity index (χ0v) is 16.7. The summed E-state index contributed by atoms with van der Waals surface area (Å²) in [6.45, 7) is 0. The second-order valence-electron chi connectivity index (χ2n) is 6.91. The van der Waals surface area contributed by atoms with Crippen molar-refractivity contribution < 1.29 is 9.53 Å². The molecule has 0 aliphatic carbocycles. The SMILES string of the molecule is COc1ccc([C@@H](NC(=O)c2nn(C)c(=O)c3ccccc23)c2ccccc2)cc1. The number of hydrogen-bond acceptors (Lipinski definition) is 4. The molecule has 0 spiro atoms. The van der Waals surface area contributed by atoms with Crippen LogP contribution in [0.5, 0.6) is 5.75 Å². The van der Waals surface area contributed by atoms with E-state index >= 15 is 0 Å². The van der Waals surface area contributed by atoms with Crippen LogP contribution >= 0.6 is 0 Å². The molecule has 0 radical (unpaired) electrons. The number of carbonyl (C=O) groups is 1. The number of ether oxygens (including phenoxy) is 1. The van der Waals surface area contributed by atoms with Crippen LogP contribution in [0, 0.1) is 0 Å². The molecule has 4 rings (SSSR count). The summed E-state index contributed by atoms with van der Waals surface area (Å²) in [7, 11) is 3.16. The summed E-state index contributed by atoms with van der Waals surface area (Å²) in [5.41, 5.74) is 1.81. The molecule has 4 aromatic rings. The first-order chi connectivity index (χ1) is 14.6. The van der Waals surface area contributed by atoms with Crippen molar-refractivity contribution in [2.75, 3.05) is 7.11 Å². The van der Waals surface area contributed by atoms with Gasteiger partial charge in [0.15, 0.2) is 5.69 Å². The molecule has 150 valence electrons. The van der Waals surface area contributed by atoms with E-state index in [1.165, 1.54) is 4.68 Å². The third-order valence-electron chi connectivity index (χ3n) is 5.03. The highest BCUT2D eigenvalue weighted by atomic mass is 16.5. The van der Waals surface area contributed by atoms with Crippen molar-refractivity contribution >= 4 is 16.7 Å². The van der Waals surface area contributed by atoms with Crippen LogP contribution in [0.25, 0.3) is 10.8 Å². The number of carbonyl (C=O) groups excluding carboxylic acids is 1. The van der Waals surface area contributed by atoms with Crippen molar-refractivity contribution in [3.8, 4) is 5.75 Å². The minimum absolute atomic E-state index is 0.210. The van der Waals surface area contributed by atoms with Gasteiger partial charge in [0.25, 0.3) is 11.5 Å². The van der Waals surface area contributed by atoms with Gasteiger partial charge >= 0.3 is 0 Å². The summed E-state index contributed by atoms with van der Waals surface area (Å²) in [4.78, 5) is 25.7. The van der Waals surface area contributed by atoms with E-state index in [4.69, 9.17) is 4.74 Å². The number of rotatable bonds is 5. The van der Waals surface area contributed by atoms with Crippen LogP contribution in [-0.2, 0) is 7.05 Å². The molecular formula is C24H21N3O3. The highest BCUT2D eigenvalue weighted by molar-refractivity contribution is 6.05. The first kappa shape index (κ1) is 19.4. The Balaban J connectivity index is 1.77. The molecule has 1 aromatic heterocycles. The maximum absolute atomic E-state index is 13.3. The van der Waals surface area contributed by atoms with Gasteiger partial charge in [0.1, 0.15) is 5.75 Å². The molecule has 0 saturated carbocycles. The van der Waals surface area contributed by atoms with Crippen molar-refractivity contribution in [3.05, 3.63) is 106 Å². The third kappa shape index (κ3) is 3.67. The Kier molecular flexibility index (Phi) is 5.30. The molecule has 1 N–H and O–H groups in total. The summed E-state index contributed by atoms with van der Waals surface area (Å²) >= 11 is 0. The lowest BCUT2D eigenvalue weighted by atomic mass is 9.98. The number of methoxy groups -OCH3 is 1. The lowest BCUT2D eigenvalue weighted by Gasteiger charge is -2.20. The summed E-state index contributed by atoms with van der Waals surface area (Å²) in [6, 6.07) is 23.9. The Morgan fingerprint density at radius 1 is 0.900 bits per heavy atom. The van der Waals surface area contributed by atoms with Crippen LogP contribution in [-0.4, -0.2) is 22.8 Å². The fourth-order valence-corrected chi connectivity index (χ4v) is 3.47. The quantitative estimate of drug-likeness (QED) is 0.558. The van der Waals surface area contributed by atoms with Gasteiger partial charge in [-0.25, -0.2) is 4.68 Å². The van der Waals surface area contributed by atoms with Crippen molar-refractivity contribution in [3.63, 3.8) is 0 Å². The maximum Gasteiger partial charge on any atom is 0.274 e. The Bertz CT molecular complexity index is 1250. The first-order valence-electron chi connectivity index (χ1n) is 9.54. The molecule has 0 fully saturated rings.